The summed E-state index contributed by atoms with van der Waals surface area (Å²) in [6.07, 6.45) is -3.25. The van der Waals surface area contributed by atoms with Crippen molar-refractivity contribution in [3.8, 4) is 11.9 Å². The number of hydrogen-bond donors (Lipinski definition) is 0. The Morgan fingerprint density at radius 2 is 2.35 bits per heavy atom. The van der Waals surface area contributed by atoms with E-state index in [1.165, 1.54) is 7.11 Å². The van der Waals surface area contributed by atoms with Gasteiger partial charge in [-0.25, -0.2) is 8.78 Å². The van der Waals surface area contributed by atoms with Gasteiger partial charge in [0.2, 0.25) is 0 Å². The maximum atomic E-state index is 12.6. The van der Waals surface area contributed by atoms with Crippen molar-refractivity contribution in [2.45, 2.75) is 12.8 Å². The summed E-state index contributed by atoms with van der Waals surface area (Å²) in [7, 11) is 1.19. The lowest BCUT2D eigenvalue weighted by molar-refractivity contribution is -0.391. The monoisotopic (exact) mass is 243 g/mol. The van der Waals surface area contributed by atoms with Gasteiger partial charge < -0.3 is 14.9 Å². The molecule has 8 heteroatoms. The fraction of sp³-hybridized carbons (Fsp3) is 0.333. The van der Waals surface area contributed by atoms with Crippen molar-refractivity contribution in [2.75, 3.05) is 7.11 Å². The Bertz CT molecular complexity index is 485. The molecule has 1 heterocycles. The van der Waals surface area contributed by atoms with E-state index in [2.05, 4.69) is 4.98 Å². The van der Waals surface area contributed by atoms with E-state index in [4.69, 9.17) is 10.00 Å². The molecule has 1 rings (SSSR count). The van der Waals surface area contributed by atoms with Gasteiger partial charge in [0.25, 0.3) is 6.43 Å². The highest BCUT2D eigenvalue weighted by molar-refractivity contribution is 5.43. The molecule has 6 nitrogen and oxygen atoms in total. The second-order valence-corrected chi connectivity index (χ2v) is 2.96. The first kappa shape index (κ1) is 12.8. The van der Waals surface area contributed by atoms with Crippen LogP contribution in [0.15, 0.2) is 6.07 Å². The predicted molar refractivity (Wildman–Crippen MR) is 51.7 cm³/mol. The van der Waals surface area contributed by atoms with E-state index >= 15 is 0 Å². The minimum atomic E-state index is -3.04. The molecule has 0 saturated carbocycles. The number of hydrogen-bond acceptors (Lipinski definition) is 5. The average molecular weight is 243 g/mol. The number of alkyl halides is 2. The maximum Gasteiger partial charge on any atom is 0.376 e. The highest BCUT2D eigenvalue weighted by Gasteiger charge is 2.27. The zero-order valence-electron chi connectivity index (χ0n) is 8.68. The Labute approximate surface area is 94.6 Å². The molecule has 0 unspecified atom stereocenters. The summed E-state index contributed by atoms with van der Waals surface area (Å²) < 4.78 is 29.9. The standard InChI is InChI=1S/C9H7F2N3O3/c1-17-9-5(2-3-12)4-6(7(10)11)8(13-9)14(15)16/h4,7H,2H2,1H3. The summed E-state index contributed by atoms with van der Waals surface area (Å²) >= 11 is 0. The predicted octanol–water partition coefficient (Wildman–Crippen LogP) is 2.00. The molecule has 0 aliphatic heterocycles. The average Bonchev–Trinajstić information content (AvgIpc) is 2.28. The lowest BCUT2D eigenvalue weighted by Gasteiger charge is -2.05. The van der Waals surface area contributed by atoms with Crippen LogP contribution in [0.25, 0.3) is 0 Å². The molecule has 0 atom stereocenters. The van der Waals surface area contributed by atoms with Gasteiger partial charge in [-0.05, 0) is 11.0 Å². The van der Waals surface area contributed by atoms with E-state index in [1.807, 2.05) is 0 Å². The Morgan fingerprint density at radius 1 is 1.71 bits per heavy atom. The first-order chi connectivity index (χ1) is 8.01. The van der Waals surface area contributed by atoms with Gasteiger partial charge in [0.15, 0.2) is 0 Å². The SMILES string of the molecule is COc1nc([N+](=O)[O-])c(C(F)F)cc1CC#N. The van der Waals surface area contributed by atoms with Crippen LogP contribution in [0, 0.1) is 21.4 Å². The molecule has 0 N–H and O–H groups in total. The molecule has 0 radical (unpaired) electrons. The van der Waals surface area contributed by atoms with Crippen molar-refractivity contribution >= 4 is 5.82 Å². The van der Waals surface area contributed by atoms with Crippen LogP contribution >= 0.6 is 0 Å². The molecule has 90 valence electrons. The third-order valence-electron chi connectivity index (χ3n) is 1.94. The lowest BCUT2D eigenvalue weighted by atomic mass is 10.1. The van der Waals surface area contributed by atoms with Gasteiger partial charge in [-0.15, -0.1) is 0 Å². The van der Waals surface area contributed by atoms with E-state index in [1.54, 1.807) is 6.07 Å². The van der Waals surface area contributed by atoms with Crippen molar-refractivity contribution in [1.82, 2.24) is 4.98 Å². The van der Waals surface area contributed by atoms with E-state index in [9.17, 15) is 18.9 Å². The summed E-state index contributed by atoms with van der Waals surface area (Å²) in [6, 6.07) is 2.61. The minimum absolute atomic E-state index is 0.0934. The molecule has 1 aromatic heterocycles. The van der Waals surface area contributed by atoms with Crippen molar-refractivity contribution in [2.24, 2.45) is 0 Å². The number of nitro groups is 1. The highest BCUT2D eigenvalue weighted by Crippen LogP contribution is 2.31. The number of aromatic nitrogens is 1. The highest BCUT2D eigenvalue weighted by atomic mass is 19.3. The fourth-order valence-electron chi connectivity index (χ4n) is 1.24. The molecule has 1 aromatic rings. The van der Waals surface area contributed by atoms with Crippen LogP contribution in [0.2, 0.25) is 0 Å². The zero-order chi connectivity index (χ0) is 13.0. The third-order valence-corrected chi connectivity index (χ3v) is 1.94. The number of rotatable bonds is 4. The van der Waals surface area contributed by atoms with Gasteiger partial charge in [0.05, 0.1) is 25.2 Å². The summed E-state index contributed by atoms with van der Waals surface area (Å²) in [4.78, 5) is 12.9. The number of halogens is 2. The topological polar surface area (TPSA) is 89.1 Å². The van der Waals surface area contributed by atoms with Crippen LogP contribution in [0.4, 0.5) is 14.6 Å². The smallest absolute Gasteiger partial charge is 0.376 e. The Hall–Kier alpha value is -2.30. The molecule has 0 spiro atoms. The first-order valence-corrected chi connectivity index (χ1v) is 4.38. The fourth-order valence-corrected chi connectivity index (χ4v) is 1.24. The van der Waals surface area contributed by atoms with Gasteiger partial charge in [0, 0.05) is 4.98 Å². The zero-order valence-corrected chi connectivity index (χ0v) is 8.68. The quantitative estimate of drug-likeness (QED) is 0.596. The van der Waals surface area contributed by atoms with Gasteiger partial charge in [-0.3, -0.25) is 0 Å². The number of nitrogens with zero attached hydrogens (tertiary/aromatic N) is 3. The number of methoxy groups -OCH3 is 1. The summed E-state index contributed by atoms with van der Waals surface area (Å²) in [5.41, 5.74) is -0.725. The molecule has 17 heavy (non-hydrogen) atoms. The Kier molecular flexibility index (Phi) is 3.87. The number of nitriles is 1. The van der Waals surface area contributed by atoms with E-state index in [0.29, 0.717) is 0 Å². The molecule has 0 aromatic carbocycles. The Balaban J connectivity index is 3.43. The largest absolute Gasteiger partial charge is 0.463 e. The number of pyridine rings is 1. The Morgan fingerprint density at radius 3 is 2.76 bits per heavy atom. The van der Waals surface area contributed by atoms with Gasteiger partial charge >= 0.3 is 11.7 Å². The van der Waals surface area contributed by atoms with E-state index in [-0.39, 0.29) is 17.9 Å². The first-order valence-electron chi connectivity index (χ1n) is 4.38. The minimum Gasteiger partial charge on any atom is -0.463 e. The molecule has 0 aliphatic carbocycles. The van der Waals surface area contributed by atoms with Crippen LogP contribution < -0.4 is 4.74 Å². The summed E-state index contributed by atoms with van der Waals surface area (Å²) in [5, 5.41) is 19.0. The number of ether oxygens (including phenoxy) is 1. The normalized spacial score (nSPS) is 10.1. The van der Waals surface area contributed by atoms with Crippen molar-refractivity contribution < 1.29 is 18.4 Å². The van der Waals surface area contributed by atoms with Gasteiger partial charge in [-0.2, -0.15) is 5.26 Å². The second kappa shape index (κ2) is 5.16. The molecule has 0 saturated heterocycles. The van der Waals surface area contributed by atoms with Crippen LogP contribution in [-0.2, 0) is 6.42 Å². The van der Waals surface area contributed by atoms with Gasteiger partial charge in [0.1, 0.15) is 5.56 Å². The second-order valence-electron chi connectivity index (χ2n) is 2.96. The van der Waals surface area contributed by atoms with Crippen LogP contribution in [0.3, 0.4) is 0 Å². The molecule has 0 aliphatic rings. The van der Waals surface area contributed by atoms with E-state index in [0.717, 1.165) is 6.07 Å². The molecule has 0 fully saturated rings. The summed E-state index contributed by atoms with van der Waals surface area (Å²) in [5.74, 6) is -1.15. The van der Waals surface area contributed by atoms with Crippen LogP contribution in [0.1, 0.15) is 17.6 Å². The van der Waals surface area contributed by atoms with Crippen molar-refractivity contribution in [3.63, 3.8) is 0 Å². The van der Waals surface area contributed by atoms with Crippen LogP contribution in [0.5, 0.6) is 5.88 Å². The van der Waals surface area contributed by atoms with Crippen molar-refractivity contribution in [1.29, 1.82) is 5.26 Å². The summed E-state index contributed by atoms with van der Waals surface area (Å²) in [6.45, 7) is 0. The van der Waals surface area contributed by atoms with Crippen molar-refractivity contribution in [3.05, 3.63) is 27.3 Å². The molecule has 0 amide bonds. The molecule has 0 bridgehead atoms. The maximum absolute atomic E-state index is 12.6. The third kappa shape index (κ3) is 2.63. The van der Waals surface area contributed by atoms with E-state index < -0.39 is 22.7 Å². The molecular formula is C9H7F2N3O3. The van der Waals surface area contributed by atoms with Crippen LogP contribution in [-0.4, -0.2) is 17.0 Å². The van der Waals surface area contributed by atoms with Gasteiger partial charge in [-0.1, -0.05) is 0 Å². The lowest BCUT2D eigenvalue weighted by Crippen LogP contribution is -2.04. The molecular weight excluding hydrogens is 236 g/mol.